The van der Waals surface area contributed by atoms with Crippen LogP contribution in [0.3, 0.4) is 0 Å². The van der Waals surface area contributed by atoms with Crippen molar-refractivity contribution in [2.45, 2.75) is 156 Å². The number of hydrogen-bond donors (Lipinski definition) is 0. The molecular formula is C30H58O4. The van der Waals surface area contributed by atoms with Crippen LogP contribution >= 0.6 is 0 Å². The van der Waals surface area contributed by atoms with Gasteiger partial charge in [0, 0.05) is 12.8 Å². The third-order valence-electron chi connectivity index (χ3n) is 6.89. The summed E-state index contributed by atoms with van der Waals surface area (Å²) in [5.41, 5.74) is 0. The highest BCUT2D eigenvalue weighted by Gasteiger charge is 2.15. The first-order valence-electron chi connectivity index (χ1n) is 14.8. The van der Waals surface area contributed by atoms with Gasteiger partial charge in [0.05, 0.1) is 13.2 Å². The maximum absolute atomic E-state index is 11.9. The van der Waals surface area contributed by atoms with E-state index in [2.05, 4.69) is 27.7 Å². The molecule has 1 unspecified atom stereocenters. The van der Waals surface area contributed by atoms with Crippen LogP contribution in [-0.2, 0) is 19.1 Å². The number of carbonyl (C=O) groups excluding carboxylic acids is 2. The molecule has 0 aliphatic rings. The summed E-state index contributed by atoms with van der Waals surface area (Å²) in [6.07, 6.45) is 22.9. The van der Waals surface area contributed by atoms with E-state index >= 15 is 0 Å². The van der Waals surface area contributed by atoms with Crippen molar-refractivity contribution in [1.82, 2.24) is 0 Å². The Morgan fingerprint density at radius 2 is 0.941 bits per heavy atom. The molecule has 0 bridgehead atoms. The molecule has 34 heavy (non-hydrogen) atoms. The van der Waals surface area contributed by atoms with Gasteiger partial charge in [-0.15, -0.1) is 0 Å². The molecule has 0 N–H and O–H groups in total. The first kappa shape index (κ1) is 32.9. The van der Waals surface area contributed by atoms with Crippen LogP contribution in [0.2, 0.25) is 0 Å². The molecule has 0 fully saturated rings. The highest BCUT2D eigenvalue weighted by atomic mass is 16.5. The summed E-state index contributed by atoms with van der Waals surface area (Å²) in [5, 5.41) is 0. The lowest BCUT2D eigenvalue weighted by Crippen LogP contribution is -2.13. The Morgan fingerprint density at radius 3 is 1.38 bits per heavy atom. The number of unbranched alkanes of at least 4 members (excludes halogenated alkanes) is 13. The molecule has 0 radical (unpaired) electrons. The molecule has 202 valence electrons. The Balaban J connectivity index is 3.47. The number of hydrogen-bond acceptors (Lipinski definition) is 4. The minimum Gasteiger partial charge on any atom is -0.466 e. The van der Waals surface area contributed by atoms with E-state index in [1.807, 2.05) is 0 Å². The Morgan fingerprint density at radius 1 is 0.529 bits per heavy atom. The van der Waals surface area contributed by atoms with E-state index in [0.717, 1.165) is 44.9 Å². The predicted octanol–water partition coefficient (Wildman–Crippen LogP) is 9.19. The topological polar surface area (TPSA) is 52.6 Å². The number of esters is 2. The lowest BCUT2D eigenvalue weighted by atomic mass is 9.86. The summed E-state index contributed by atoms with van der Waals surface area (Å²) in [5.74, 6) is 1.26. The van der Waals surface area contributed by atoms with Crippen LogP contribution in [0, 0.1) is 11.8 Å². The Hall–Kier alpha value is -1.06. The second-order valence-electron chi connectivity index (χ2n) is 10.5. The molecule has 0 aromatic heterocycles. The quantitative estimate of drug-likeness (QED) is 0.0961. The van der Waals surface area contributed by atoms with Crippen LogP contribution < -0.4 is 0 Å². The number of rotatable bonds is 25. The van der Waals surface area contributed by atoms with E-state index in [9.17, 15) is 9.59 Å². The monoisotopic (exact) mass is 482 g/mol. The number of ether oxygens (including phenoxy) is 2. The van der Waals surface area contributed by atoms with Crippen LogP contribution in [0.25, 0.3) is 0 Å². The van der Waals surface area contributed by atoms with Gasteiger partial charge in [-0.1, -0.05) is 118 Å². The fraction of sp³-hybridized carbons (Fsp3) is 0.933. The minimum atomic E-state index is -0.0179. The molecule has 4 heteroatoms. The molecule has 0 rings (SSSR count). The Labute approximate surface area is 212 Å². The molecular weight excluding hydrogens is 424 g/mol. The molecule has 0 saturated heterocycles. The molecule has 0 aliphatic heterocycles. The molecule has 1 atom stereocenters. The summed E-state index contributed by atoms with van der Waals surface area (Å²) >= 11 is 0. The van der Waals surface area contributed by atoms with Crippen molar-refractivity contribution in [3.05, 3.63) is 0 Å². The van der Waals surface area contributed by atoms with Gasteiger partial charge in [0.2, 0.25) is 0 Å². The van der Waals surface area contributed by atoms with Crippen molar-refractivity contribution in [3.63, 3.8) is 0 Å². The summed E-state index contributed by atoms with van der Waals surface area (Å²) < 4.78 is 10.5. The van der Waals surface area contributed by atoms with Crippen molar-refractivity contribution < 1.29 is 19.1 Å². The fourth-order valence-electron chi connectivity index (χ4n) is 4.36. The van der Waals surface area contributed by atoms with Crippen molar-refractivity contribution in [2.75, 3.05) is 13.2 Å². The first-order chi connectivity index (χ1) is 16.5. The third kappa shape index (κ3) is 22.7. The maximum Gasteiger partial charge on any atom is 0.305 e. The van der Waals surface area contributed by atoms with Crippen molar-refractivity contribution in [3.8, 4) is 0 Å². The van der Waals surface area contributed by atoms with Crippen LogP contribution in [0.15, 0.2) is 0 Å². The molecule has 0 saturated carbocycles. The molecule has 0 amide bonds. The van der Waals surface area contributed by atoms with Gasteiger partial charge < -0.3 is 9.47 Å². The molecule has 0 aliphatic carbocycles. The number of carbonyl (C=O) groups is 2. The normalized spacial score (nSPS) is 12.1. The van der Waals surface area contributed by atoms with Crippen LogP contribution in [0.5, 0.6) is 0 Å². The minimum absolute atomic E-state index is 0.0124. The van der Waals surface area contributed by atoms with Gasteiger partial charge in [-0.3, -0.25) is 9.59 Å². The van der Waals surface area contributed by atoms with Gasteiger partial charge in [-0.05, 0) is 37.5 Å². The Kier molecular flexibility index (Phi) is 24.3. The van der Waals surface area contributed by atoms with Crippen LogP contribution in [0.4, 0.5) is 0 Å². The van der Waals surface area contributed by atoms with Gasteiger partial charge >= 0.3 is 11.9 Å². The smallest absolute Gasteiger partial charge is 0.305 e. The van der Waals surface area contributed by atoms with Gasteiger partial charge in [0.1, 0.15) is 0 Å². The van der Waals surface area contributed by atoms with E-state index in [-0.39, 0.29) is 11.9 Å². The lowest BCUT2D eigenvalue weighted by Gasteiger charge is -2.20. The first-order valence-corrected chi connectivity index (χ1v) is 14.8. The SMILES string of the molecule is CCCCOC(=O)CCCCCCCCCCCCCCC(CCC(=O)OCCCC)C(C)C. The summed E-state index contributed by atoms with van der Waals surface area (Å²) in [7, 11) is 0. The van der Waals surface area contributed by atoms with Gasteiger partial charge in [0.15, 0.2) is 0 Å². The average Bonchev–Trinajstić information content (AvgIpc) is 2.81. The second-order valence-corrected chi connectivity index (χ2v) is 10.5. The van der Waals surface area contributed by atoms with Gasteiger partial charge in [-0.25, -0.2) is 0 Å². The lowest BCUT2D eigenvalue weighted by molar-refractivity contribution is -0.145. The third-order valence-corrected chi connectivity index (χ3v) is 6.89. The summed E-state index contributed by atoms with van der Waals surface area (Å²) in [6.45, 7) is 9.97. The molecule has 0 aromatic carbocycles. The van der Waals surface area contributed by atoms with Crippen molar-refractivity contribution >= 4 is 11.9 Å². The zero-order valence-corrected chi connectivity index (χ0v) is 23.3. The van der Waals surface area contributed by atoms with E-state index in [1.165, 1.54) is 70.6 Å². The van der Waals surface area contributed by atoms with Crippen LogP contribution in [0.1, 0.15) is 156 Å². The average molecular weight is 483 g/mol. The predicted molar refractivity (Wildman–Crippen MR) is 144 cm³/mol. The highest BCUT2D eigenvalue weighted by molar-refractivity contribution is 5.69. The van der Waals surface area contributed by atoms with E-state index in [0.29, 0.717) is 37.9 Å². The molecule has 0 heterocycles. The zero-order valence-electron chi connectivity index (χ0n) is 23.3. The second kappa shape index (κ2) is 25.0. The molecule has 0 spiro atoms. The Bertz CT molecular complexity index is 461. The highest BCUT2D eigenvalue weighted by Crippen LogP contribution is 2.24. The molecule has 4 nitrogen and oxygen atoms in total. The van der Waals surface area contributed by atoms with E-state index in [1.54, 1.807) is 0 Å². The summed E-state index contributed by atoms with van der Waals surface area (Å²) in [4.78, 5) is 23.4. The molecule has 0 aromatic rings. The maximum atomic E-state index is 11.9. The van der Waals surface area contributed by atoms with Gasteiger partial charge in [-0.2, -0.15) is 0 Å². The van der Waals surface area contributed by atoms with E-state index < -0.39 is 0 Å². The fourth-order valence-corrected chi connectivity index (χ4v) is 4.36. The zero-order chi connectivity index (χ0) is 25.3. The van der Waals surface area contributed by atoms with Crippen molar-refractivity contribution in [2.24, 2.45) is 11.8 Å². The summed E-state index contributed by atoms with van der Waals surface area (Å²) in [6, 6.07) is 0. The largest absolute Gasteiger partial charge is 0.466 e. The van der Waals surface area contributed by atoms with Crippen molar-refractivity contribution in [1.29, 1.82) is 0 Å². The van der Waals surface area contributed by atoms with Gasteiger partial charge in [0.25, 0.3) is 0 Å². The van der Waals surface area contributed by atoms with E-state index in [4.69, 9.17) is 9.47 Å². The standard InChI is InChI=1S/C30H58O4/c1-5-7-25-33-29(31)22-20-18-16-14-12-10-9-11-13-15-17-19-21-28(27(3)4)23-24-30(32)34-26-8-6-2/h27-28H,5-26H2,1-4H3. The van der Waals surface area contributed by atoms with Crippen LogP contribution in [-0.4, -0.2) is 25.2 Å².